The Hall–Kier alpha value is -0.380. The number of rotatable bonds is 4. The summed E-state index contributed by atoms with van der Waals surface area (Å²) in [7, 11) is 0. The van der Waals surface area contributed by atoms with Crippen molar-refractivity contribution < 1.29 is 4.74 Å². The van der Waals surface area contributed by atoms with Crippen LogP contribution in [-0.2, 0) is 4.74 Å². The van der Waals surface area contributed by atoms with Gasteiger partial charge in [-0.25, -0.2) is 0 Å². The van der Waals surface area contributed by atoms with E-state index in [1.54, 1.807) is 0 Å². The highest BCUT2D eigenvalue weighted by Gasteiger charge is 2.42. The Morgan fingerprint density at radius 1 is 1.41 bits per heavy atom. The summed E-state index contributed by atoms with van der Waals surface area (Å²) >= 11 is 0. The predicted octanol–water partition coefficient (Wildman–Crippen LogP) is 1.97. The molecule has 0 spiro atoms. The van der Waals surface area contributed by atoms with Crippen molar-refractivity contribution in [1.82, 2.24) is 5.32 Å². The van der Waals surface area contributed by atoms with Crippen molar-refractivity contribution in [3.8, 4) is 0 Å². The molecule has 1 saturated heterocycles. The molecule has 3 heteroatoms. The fourth-order valence-electron chi connectivity index (χ4n) is 3.10. The SMILES string of the molecule is CCC1(C)CC(CN)(NC2CC=CC2)CCO1. The monoisotopic (exact) mass is 238 g/mol. The van der Waals surface area contributed by atoms with Crippen LogP contribution < -0.4 is 11.1 Å². The maximum atomic E-state index is 6.05. The molecule has 2 rings (SSSR count). The first-order valence-corrected chi connectivity index (χ1v) is 6.88. The molecule has 0 radical (unpaired) electrons. The molecule has 3 nitrogen and oxygen atoms in total. The van der Waals surface area contributed by atoms with Crippen molar-refractivity contribution in [2.75, 3.05) is 13.2 Å². The van der Waals surface area contributed by atoms with Crippen molar-refractivity contribution in [3.63, 3.8) is 0 Å². The van der Waals surface area contributed by atoms with E-state index in [1.165, 1.54) is 0 Å². The van der Waals surface area contributed by atoms with E-state index in [4.69, 9.17) is 10.5 Å². The molecule has 0 amide bonds. The molecule has 0 saturated carbocycles. The molecular weight excluding hydrogens is 212 g/mol. The van der Waals surface area contributed by atoms with Crippen LogP contribution in [0.25, 0.3) is 0 Å². The van der Waals surface area contributed by atoms with Crippen molar-refractivity contribution in [3.05, 3.63) is 12.2 Å². The first-order valence-electron chi connectivity index (χ1n) is 6.88. The van der Waals surface area contributed by atoms with Gasteiger partial charge in [-0.15, -0.1) is 0 Å². The molecule has 0 bridgehead atoms. The molecule has 3 N–H and O–H groups in total. The van der Waals surface area contributed by atoms with Gasteiger partial charge in [0.25, 0.3) is 0 Å². The number of hydrogen-bond acceptors (Lipinski definition) is 3. The Kier molecular flexibility index (Phi) is 3.91. The minimum Gasteiger partial charge on any atom is -0.375 e. The quantitative estimate of drug-likeness (QED) is 0.736. The molecule has 2 unspecified atom stereocenters. The van der Waals surface area contributed by atoms with Crippen LogP contribution in [0.2, 0.25) is 0 Å². The second-order valence-electron chi connectivity index (χ2n) is 5.85. The van der Waals surface area contributed by atoms with Crippen molar-refractivity contribution in [2.45, 2.75) is 63.1 Å². The summed E-state index contributed by atoms with van der Waals surface area (Å²) < 4.78 is 5.93. The average molecular weight is 238 g/mol. The zero-order valence-electron chi connectivity index (χ0n) is 11.2. The summed E-state index contributed by atoms with van der Waals surface area (Å²) in [6.07, 6.45) is 9.94. The van der Waals surface area contributed by atoms with Gasteiger partial charge in [0.15, 0.2) is 0 Å². The number of hydrogen-bond donors (Lipinski definition) is 2. The topological polar surface area (TPSA) is 47.3 Å². The maximum Gasteiger partial charge on any atom is 0.0670 e. The Bertz CT molecular complexity index is 284. The molecule has 98 valence electrons. The highest BCUT2D eigenvalue weighted by molar-refractivity contribution is 5.05. The molecular formula is C14H26N2O. The highest BCUT2D eigenvalue weighted by Crippen LogP contribution is 2.35. The van der Waals surface area contributed by atoms with E-state index in [-0.39, 0.29) is 11.1 Å². The lowest BCUT2D eigenvalue weighted by Crippen LogP contribution is -2.61. The van der Waals surface area contributed by atoms with Crippen LogP contribution in [0.1, 0.15) is 46.0 Å². The van der Waals surface area contributed by atoms with Crippen molar-refractivity contribution in [1.29, 1.82) is 0 Å². The van der Waals surface area contributed by atoms with Crippen LogP contribution in [0.5, 0.6) is 0 Å². The van der Waals surface area contributed by atoms with E-state index in [2.05, 4.69) is 31.3 Å². The van der Waals surface area contributed by atoms with Gasteiger partial charge in [0.1, 0.15) is 0 Å². The third kappa shape index (κ3) is 2.90. The molecule has 2 aliphatic rings. The van der Waals surface area contributed by atoms with E-state index in [0.29, 0.717) is 12.6 Å². The van der Waals surface area contributed by atoms with Gasteiger partial charge in [0.2, 0.25) is 0 Å². The van der Waals surface area contributed by atoms with E-state index in [9.17, 15) is 0 Å². The van der Waals surface area contributed by atoms with Gasteiger partial charge in [-0.2, -0.15) is 0 Å². The smallest absolute Gasteiger partial charge is 0.0670 e. The lowest BCUT2D eigenvalue weighted by Gasteiger charge is -2.47. The molecule has 0 aromatic carbocycles. The standard InChI is InChI=1S/C14H26N2O/c1-3-13(2)10-14(11-15,8-9-17-13)16-12-6-4-5-7-12/h4-5,12,16H,3,6-11,15H2,1-2H3. The summed E-state index contributed by atoms with van der Waals surface area (Å²) in [6, 6.07) is 0.581. The Labute approximate surface area is 105 Å². The van der Waals surface area contributed by atoms with E-state index >= 15 is 0 Å². The van der Waals surface area contributed by atoms with Crippen LogP contribution in [0.3, 0.4) is 0 Å². The fraction of sp³-hybridized carbons (Fsp3) is 0.857. The van der Waals surface area contributed by atoms with Gasteiger partial charge >= 0.3 is 0 Å². The average Bonchev–Trinajstić information content (AvgIpc) is 2.82. The Morgan fingerprint density at radius 3 is 2.71 bits per heavy atom. The Balaban J connectivity index is 2.02. The number of ether oxygens (including phenoxy) is 1. The van der Waals surface area contributed by atoms with Crippen LogP contribution in [0.4, 0.5) is 0 Å². The van der Waals surface area contributed by atoms with Gasteiger partial charge in [-0.1, -0.05) is 19.1 Å². The molecule has 1 heterocycles. The second kappa shape index (κ2) is 5.09. The van der Waals surface area contributed by atoms with Crippen LogP contribution >= 0.6 is 0 Å². The van der Waals surface area contributed by atoms with Gasteiger partial charge in [0.05, 0.1) is 5.60 Å². The minimum absolute atomic E-state index is 0.00332. The first-order chi connectivity index (χ1) is 8.11. The highest BCUT2D eigenvalue weighted by atomic mass is 16.5. The summed E-state index contributed by atoms with van der Waals surface area (Å²) in [5, 5.41) is 3.80. The molecule has 1 aliphatic carbocycles. The maximum absolute atomic E-state index is 6.05. The zero-order valence-corrected chi connectivity index (χ0v) is 11.2. The van der Waals surface area contributed by atoms with Crippen molar-refractivity contribution >= 4 is 0 Å². The van der Waals surface area contributed by atoms with Gasteiger partial charge in [0, 0.05) is 24.7 Å². The molecule has 17 heavy (non-hydrogen) atoms. The largest absolute Gasteiger partial charge is 0.375 e. The molecule has 0 aromatic rings. The zero-order chi connectivity index (χ0) is 12.4. The van der Waals surface area contributed by atoms with Gasteiger partial charge < -0.3 is 15.8 Å². The van der Waals surface area contributed by atoms with Crippen molar-refractivity contribution in [2.24, 2.45) is 5.73 Å². The van der Waals surface area contributed by atoms with Gasteiger partial charge in [-0.3, -0.25) is 0 Å². The second-order valence-corrected chi connectivity index (χ2v) is 5.85. The van der Waals surface area contributed by atoms with E-state index in [0.717, 1.165) is 38.7 Å². The number of nitrogens with two attached hydrogens (primary N) is 1. The first kappa shape index (κ1) is 13.1. The lowest BCUT2D eigenvalue weighted by atomic mass is 9.78. The molecule has 2 atom stereocenters. The third-order valence-corrected chi connectivity index (χ3v) is 4.40. The predicted molar refractivity (Wildman–Crippen MR) is 71.0 cm³/mol. The van der Waals surface area contributed by atoms with Crippen LogP contribution in [0.15, 0.2) is 12.2 Å². The normalized spacial score (nSPS) is 38.8. The lowest BCUT2D eigenvalue weighted by molar-refractivity contribution is -0.101. The van der Waals surface area contributed by atoms with Gasteiger partial charge in [-0.05, 0) is 39.0 Å². The summed E-state index contributed by atoms with van der Waals surface area (Å²) in [4.78, 5) is 0. The summed E-state index contributed by atoms with van der Waals surface area (Å²) in [6.45, 7) is 5.95. The minimum atomic E-state index is -0.00332. The third-order valence-electron chi connectivity index (χ3n) is 4.40. The summed E-state index contributed by atoms with van der Waals surface area (Å²) in [5.74, 6) is 0. The van der Waals surface area contributed by atoms with Crippen LogP contribution in [-0.4, -0.2) is 30.3 Å². The molecule has 1 aliphatic heterocycles. The van der Waals surface area contributed by atoms with E-state index in [1.807, 2.05) is 0 Å². The fourth-order valence-corrected chi connectivity index (χ4v) is 3.10. The number of nitrogens with one attached hydrogen (secondary N) is 1. The van der Waals surface area contributed by atoms with Crippen LogP contribution in [0, 0.1) is 0 Å². The Morgan fingerprint density at radius 2 is 2.12 bits per heavy atom. The molecule has 0 aromatic heterocycles. The summed E-state index contributed by atoms with van der Waals surface area (Å²) in [5.41, 5.74) is 6.13. The molecule has 1 fully saturated rings. The van der Waals surface area contributed by atoms with E-state index < -0.39 is 0 Å².